The van der Waals surface area contributed by atoms with Gasteiger partial charge in [-0.3, -0.25) is 4.79 Å². The van der Waals surface area contributed by atoms with E-state index in [0.29, 0.717) is 23.0 Å². The van der Waals surface area contributed by atoms with E-state index in [-0.39, 0.29) is 26.9 Å². The van der Waals surface area contributed by atoms with Crippen LogP contribution in [0.5, 0.6) is 0 Å². The number of nitriles is 1. The molecule has 0 bridgehead atoms. The number of hydrogen-bond acceptors (Lipinski definition) is 4. The van der Waals surface area contributed by atoms with E-state index in [4.69, 9.17) is 23.2 Å². The van der Waals surface area contributed by atoms with Gasteiger partial charge in [0.25, 0.3) is 0 Å². The average Bonchev–Trinajstić information content (AvgIpc) is 3.50. The highest BCUT2D eigenvalue weighted by Gasteiger charge is 2.61. The lowest BCUT2D eigenvalue weighted by atomic mass is 9.62. The molecule has 11 heteroatoms. The summed E-state index contributed by atoms with van der Waals surface area (Å²) in [6.45, 7) is 5.85. The molecule has 1 aliphatic rings. The van der Waals surface area contributed by atoms with E-state index < -0.39 is 52.3 Å². The van der Waals surface area contributed by atoms with Crippen molar-refractivity contribution in [1.82, 2.24) is 10.3 Å². The fraction of sp³-hybridized carbons (Fsp3) is 0.281. The molecule has 0 saturated carbocycles. The number of carboxylic acid groups (broad SMARTS) is 1. The van der Waals surface area contributed by atoms with Crippen molar-refractivity contribution in [3.05, 3.63) is 99.2 Å². The van der Waals surface area contributed by atoms with Crippen LogP contribution in [0, 0.1) is 28.4 Å². The van der Waals surface area contributed by atoms with Crippen molar-refractivity contribution in [2.24, 2.45) is 5.41 Å². The number of carbonyl (C=O) groups is 2. The predicted molar refractivity (Wildman–Crippen MR) is 162 cm³/mol. The summed E-state index contributed by atoms with van der Waals surface area (Å²) in [5.41, 5.74) is -1.51. The molecule has 1 aliphatic heterocycles. The van der Waals surface area contributed by atoms with Crippen LogP contribution < -0.4 is 10.6 Å². The highest BCUT2D eigenvalue weighted by Crippen LogP contribution is 2.53. The molecular weight excluding hydrogens is 597 g/mol. The minimum Gasteiger partial charge on any atom is -0.477 e. The fourth-order valence-electron chi connectivity index (χ4n) is 6.15. The molecule has 4 N–H and O–H groups in total. The molecule has 1 saturated heterocycles. The van der Waals surface area contributed by atoms with Gasteiger partial charge in [-0.15, -0.1) is 0 Å². The second kappa shape index (κ2) is 11.3. The van der Waals surface area contributed by atoms with Crippen molar-refractivity contribution in [1.29, 1.82) is 5.26 Å². The fourth-order valence-corrected chi connectivity index (χ4v) is 6.49. The van der Waals surface area contributed by atoms with Crippen molar-refractivity contribution in [3.63, 3.8) is 0 Å². The van der Waals surface area contributed by atoms with Crippen LogP contribution in [-0.4, -0.2) is 34.1 Å². The lowest BCUT2D eigenvalue weighted by Crippen LogP contribution is -2.45. The lowest BCUT2D eigenvalue weighted by Gasteiger charge is -2.37. The molecule has 7 nitrogen and oxygen atoms in total. The molecule has 2 heterocycles. The summed E-state index contributed by atoms with van der Waals surface area (Å²) in [4.78, 5) is 28.5. The number of H-pyrrole nitrogens is 1. The first-order chi connectivity index (χ1) is 20.3. The molecule has 4 atom stereocenters. The van der Waals surface area contributed by atoms with E-state index in [1.807, 2.05) is 20.8 Å². The van der Waals surface area contributed by atoms with Gasteiger partial charge in [-0.2, -0.15) is 5.26 Å². The highest BCUT2D eigenvalue weighted by molar-refractivity contribution is 6.31. The Labute approximate surface area is 256 Å². The van der Waals surface area contributed by atoms with E-state index in [1.54, 1.807) is 18.2 Å². The number of carboxylic acids is 1. The van der Waals surface area contributed by atoms with Crippen LogP contribution in [0.15, 0.2) is 60.7 Å². The van der Waals surface area contributed by atoms with Gasteiger partial charge in [-0.25, -0.2) is 13.6 Å². The van der Waals surface area contributed by atoms with Gasteiger partial charge in [-0.1, -0.05) is 68.2 Å². The van der Waals surface area contributed by atoms with Gasteiger partial charge in [0.2, 0.25) is 5.91 Å². The second-order valence-electron chi connectivity index (χ2n) is 11.9. The number of nitrogens with one attached hydrogen (secondary N) is 3. The van der Waals surface area contributed by atoms with Crippen molar-refractivity contribution in [2.45, 2.75) is 50.6 Å². The first-order valence-corrected chi connectivity index (χ1v) is 14.2. The molecule has 222 valence electrons. The van der Waals surface area contributed by atoms with Gasteiger partial charge in [-0.05, 0) is 53.8 Å². The number of aromatic carboxylic acids is 1. The minimum atomic E-state index is -1.77. The topological polar surface area (TPSA) is 118 Å². The molecule has 0 aliphatic carbocycles. The molecule has 1 fully saturated rings. The van der Waals surface area contributed by atoms with Gasteiger partial charge >= 0.3 is 5.97 Å². The molecular formula is C32H28Cl2F2N4O3. The maximum atomic E-state index is 15.9. The molecule has 0 unspecified atom stereocenters. The van der Waals surface area contributed by atoms with Crippen molar-refractivity contribution >= 4 is 51.7 Å². The Morgan fingerprint density at radius 2 is 1.81 bits per heavy atom. The molecule has 0 spiro atoms. The number of anilines is 1. The quantitative estimate of drug-likeness (QED) is 0.178. The number of hydrogen-bond donors (Lipinski definition) is 4. The predicted octanol–water partition coefficient (Wildman–Crippen LogP) is 7.41. The zero-order valence-electron chi connectivity index (χ0n) is 23.4. The zero-order chi connectivity index (χ0) is 31.3. The minimum absolute atomic E-state index is 0.0273. The van der Waals surface area contributed by atoms with Crippen LogP contribution >= 0.6 is 23.2 Å². The Morgan fingerprint density at radius 3 is 2.47 bits per heavy atom. The summed E-state index contributed by atoms with van der Waals surface area (Å²) in [7, 11) is 0. The number of halogens is 4. The number of fused-ring (bicyclic) bond motifs is 1. The van der Waals surface area contributed by atoms with Crippen LogP contribution in [0.4, 0.5) is 14.5 Å². The average molecular weight is 626 g/mol. The summed E-state index contributed by atoms with van der Waals surface area (Å²) in [6.07, 6.45) is 0.320. The zero-order valence-corrected chi connectivity index (χ0v) is 24.9. The molecule has 1 amide bonds. The standard InChI is InChI=1S/C32H28Cl2F2N4O3/c1-31(2,3)14-25-32(15-37,19-11-10-16(33)12-21(19)35)26(17-6-4-7-20(34)27(17)36)28(40-25)29(41)39-23-9-5-8-22-18(23)13-24(38-22)30(42)43/h4-13,25-26,28,38,40H,14H2,1-3H3,(H,39,41)(H,42,43)/t25-,26-,28+,32-/m0/s1. The van der Waals surface area contributed by atoms with Crippen molar-refractivity contribution in [2.75, 3.05) is 5.32 Å². The number of aromatic amines is 1. The molecule has 43 heavy (non-hydrogen) atoms. The number of benzene rings is 3. The van der Waals surface area contributed by atoms with Crippen LogP contribution in [0.1, 0.15) is 54.7 Å². The van der Waals surface area contributed by atoms with Gasteiger partial charge in [0.1, 0.15) is 22.7 Å². The monoisotopic (exact) mass is 624 g/mol. The van der Waals surface area contributed by atoms with Crippen LogP contribution in [0.25, 0.3) is 10.9 Å². The molecule has 1 aromatic heterocycles. The molecule has 0 radical (unpaired) electrons. The molecule has 4 aromatic rings. The van der Waals surface area contributed by atoms with E-state index >= 15 is 8.78 Å². The van der Waals surface area contributed by atoms with Crippen LogP contribution in [0.2, 0.25) is 10.0 Å². The summed E-state index contributed by atoms with van der Waals surface area (Å²) >= 11 is 12.3. The number of aromatic nitrogens is 1. The van der Waals surface area contributed by atoms with Crippen LogP contribution in [-0.2, 0) is 10.2 Å². The highest BCUT2D eigenvalue weighted by atomic mass is 35.5. The van der Waals surface area contributed by atoms with Crippen molar-refractivity contribution < 1.29 is 23.5 Å². The SMILES string of the molecule is CC(C)(C)C[C@@H]1N[C@@H](C(=O)Nc2cccc3[nH]c(C(=O)O)cc23)[C@H](c2cccc(Cl)c2F)[C@@]1(C#N)c1ccc(Cl)cc1F. The van der Waals surface area contributed by atoms with Gasteiger partial charge < -0.3 is 20.7 Å². The number of carbonyl (C=O) groups excluding carboxylic acids is 1. The third-order valence-electron chi connectivity index (χ3n) is 7.88. The number of amides is 1. The van der Waals surface area contributed by atoms with Gasteiger partial charge in [0, 0.05) is 33.4 Å². The van der Waals surface area contributed by atoms with E-state index in [1.165, 1.54) is 36.4 Å². The number of nitrogens with zero attached hydrogens (tertiary/aromatic N) is 1. The Kier molecular flexibility index (Phi) is 7.99. The summed E-state index contributed by atoms with van der Waals surface area (Å²) < 4.78 is 31.6. The Hall–Kier alpha value is -3.97. The molecule has 3 aromatic carbocycles. The summed E-state index contributed by atoms with van der Waals surface area (Å²) in [5.74, 6) is -4.62. The van der Waals surface area contributed by atoms with Crippen molar-refractivity contribution in [3.8, 4) is 6.07 Å². The Balaban J connectivity index is 1.71. The third kappa shape index (κ3) is 5.47. The molecule has 5 rings (SSSR count). The van der Waals surface area contributed by atoms with E-state index in [9.17, 15) is 20.0 Å². The van der Waals surface area contributed by atoms with Gasteiger partial charge in [0.15, 0.2) is 0 Å². The third-order valence-corrected chi connectivity index (χ3v) is 8.41. The Bertz CT molecular complexity index is 1800. The smallest absolute Gasteiger partial charge is 0.352 e. The largest absolute Gasteiger partial charge is 0.477 e. The van der Waals surface area contributed by atoms with Crippen LogP contribution in [0.3, 0.4) is 0 Å². The maximum Gasteiger partial charge on any atom is 0.352 e. The number of rotatable bonds is 6. The normalized spacial score (nSPS) is 22.0. The first-order valence-electron chi connectivity index (χ1n) is 13.5. The second-order valence-corrected chi connectivity index (χ2v) is 12.8. The maximum absolute atomic E-state index is 15.9. The first kappa shape index (κ1) is 30.5. The van der Waals surface area contributed by atoms with Gasteiger partial charge in [0.05, 0.1) is 22.8 Å². The van der Waals surface area contributed by atoms with E-state index in [2.05, 4.69) is 21.7 Å². The lowest BCUT2D eigenvalue weighted by molar-refractivity contribution is -0.118. The van der Waals surface area contributed by atoms with E-state index in [0.717, 1.165) is 6.07 Å². The Morgan fingerprint density at radius 1 is 1.09 bits per heavy atom. The summed E-state index contributed by atoms with van der Waals surface area (Å²) in [5, 5.41) is 26.9. The summed E-state index contributed by atoms with van der Waals surface area (Å²) in [6, 6.07) is 14.8.